The minimum absolute atomic E-state index is 0.0111. The Hall–Kier alpha value is -5.81. The van der Waals surface area contributed by atoms with Crippen LogP contribution in [0, 0.1) is 31.3 Å². The molecule has 0 unspecified atom stereocenters. The second-order valence-corrected chi connectivity index (χ2v) is 10.9. The van der Waals surface area contributed by atoms with Gasteiger partial charge in [-0.1, -0.05) is 18.2 Å². The quantitative estimate of drug-likeness (QED) is 0.0948. The van der Waals surface area contributed by atoms with Crippen LogP contribution in [0.15, 0.2) is 65.5 Å². The summed E-state index contributed by atoms with van der Waals surface area (Å²) in [7, 11) is 0. The third kappa shape index (κ3) is 6.99. The van der Waals surface area contributed by atoms with Crippen molar-refractivity contribution in [2.24, 2.45) is 0 Å². The number of aromatic nitrogens is 3. The molecule has 1 amide bonds. The van der Waals surface area contributed by atoms with Crippen molar-refractivity contribution in [3.05, 3.63) is 105 Å². The van der Waals surface area contributed by atoms with Crippen LogP contribution < -0.4 is 20.9 Å². The number of nitrogens with one attached hydrogen (secondary N) is 2. The van der Waals surface area contributed by atoms with E-state index < -0.39 is 77.3 Å². The lowest BCUT2D eigenvalue weighted by Gasteiger charge is -2.19. The van der Waals surface area contributed by atoms with Crippen molar-refractivity contribution in [2.45, 2.75) is 26.1 Å². The summed E-state index contributed by atoms with van der Waals surface area (Å²) in [5.74, 6) is -8.97. The van der Waals surface area contributed by atoms with Gasteiger partial charge in [-0.2, -0.15) is 18.2 Å². The van der Waals surface area contributed by atoms with E-state index in [0.29, 0.717) is 10.1 Å². The van der Waals surface area contributed by atoms with Gasteiger partial charge in [-0.25, -0.2) is 22.9 Å². The van der Waals surface area contributed by atoms with Crippen molar-refractivity contribution in [3.63, 3.8) is 0 Å². The summed E-state index contributed by atoms with van der Waals surface area (Å²) in [5.41, 5.74) is -2.09. The molecule has 4 N–H and O–H groups in total. The first-order valence-corrected chi connectivity index (χ1v) is 14.5. The summed E-state index contributed by atoms with van der Waals surface area (Å²) in [6.45, 7) is 1.64. The summed E-state index contributed by atoms with van der Waals surface area (Å²) in [6, 6.07) is 10.6. The molecule has 260 valence electrons. The van der Waals surface area contributed by atoms with Crippen LogP contribution in [0.5, 0.6) is 5.75 Å². The van der Waals surface area contributed by atoms with E-state index in [9.17, 15) is 50.9 Å². The average Bonchev–Trinajstić information content (AvgIpc) is 3.06. The van der Waals surface area contributed by atoms with Crippen molar-refractivity contribution in [2.75, 3.05) is 23.8 Å². The maximum Gasteiger partial charge on any atom is 0.491 e. The molecule has 0 spiro atoms. The number of halogens is 6. The number of aliphatic hydroxyl groups is 2. The number of anilines is 2. The summed E-state index contributed by atoms with van der Waals surface area (Å²) in [4.78, 5) is 46.7. The molecule has 50 heavy (non-hydrogen) atoms. The van der Waals surface area contributed by atoms with Gasteiger partial charge in [0.2, 0.25) is 5.95 Å². The Morgan fingerprint density at radius 1 is 0.920 bits per heavy atom. The number of hydrogen-bond acceptors (Lipinski definition) is 9. The summed E-state index contributed by atoms with van der Waals surface area (Å²) in [6.07, 6.45) is -5.48. The number of nitrogens with zero attached hydrogens (tertiary/aromatic N) is 3. The lowest BCUT2D eigenvalue weighted by Crippen LogP contribution is -2.29. The third-order valence-electron chi connectivity index (χ3n) is 7.40. The van der Waals surface area contributed by atoms with Gasteiger partial charge >= 0.3 is 12.1 Å². The number of carbonyl (C=O) groups excluding carboxylic acids is 2. The number of hydrogen-bond donors (Lipinski definition) is 4. The molecule has 11 nitrogen and oxygen atoms in total. The normalized spacial score (nSPS) is 11.6. The van der Waals surface area contributed by atoms with Crippen LogP contribution in [-0.4, -0.2) is 62.1 Å². The molecular weight excluding hydrogens is 676 g/mol. The number of ether oxygens (including phenoxy) is 1. The van der Waals surface area contributed by atoms with E-state index in [1.165, 1.54) is 31.2 Å². The maximum absolute atomic E-state index is 15.0. The molecule has 0 aliphatic rings. The van der Waals surface area contributed by atoms with Gasteiger partial charge in [-0.05, 0) is 61.4 Å². The molecule has 2 aromatic heterocycles. The van der Waals surface area contributed by atoms with Gasteiger partial charge in [0.1, 0.15) is 17.3 Å². The van der Waals surface area contributed by atoms with Crippen LogP contribution in [-0.2, 0) is 4.79 Å². The number of pyridine rings is 1. The average molecular weight is 702 g/mol. The summed E-state index contributed by atoms with van der Waals surface area (Å²) >= 11 is 0. The van der Waals surface area contributed by atoms with E-state index in [1.807, 2.05) is 0 Å². The summed E-state index contributed by atoms with van der Waals surface area (Å²) < 4.78 is 88.6. The number of esters is 1. The molecule has 0 bridgehead atoms. The highest BCUT2D eigenvalue weighted by Crippen LogP contribution is 2.34. The van der Waals surface area contributed by atoms with E-state index >= 15 is 0 Å². The monoisotopic (exact) mass is 701 g/mol. The molecule has 5 rings (SSSR count). The molecule has 0 saturated carbocycles. The molecular formula is C33H25F6N5O6. The molecule has 0 aliphatic heterocycles. The number of rotatable bonds is 9. The predicted molar refractivity (Wildman–Crippen MR) is 168 cm³/mol. The molecule has 2 heterocycles. The molecule has 17 heteroatoms. The van der Waals surface area contributed by atoms with Gasteiger partial charge in [0.05, 0.1) is 30.5 Å². The number of fused-ring (bicyclic) bond motifs is 1. The van der Waals surface area contributed by atoms with Crippen LogP contribution in [0.2, 0.25) is 0 Å². The van der Waals surface area contributed by atoms with Gasteiger partial charge < -0.3 is 25.6 Å². The van der Waals surface area contributed by atoms with Gasteiger partial charge in [0, 0.05) is 22.7 Å². The number of aryl methyl sites for hydroxylation is 2. The Bertz CT molecular complexity index is 2180. The predicted octanol–water partition coefficient (Wildman–Crippen LogP) is 4.97. The third-order valence-corrected chi connectivity index (χ3v) is 7.40. The minimum Gasteiger partial charge on any atom is -0.416 e. The molecule has 0 saturated heterocycles. The van der Waals surface area contributed by atoms with Gasteiger partial charge in [-0.15, -0.1) is 0 Å². The molecule has 5 aromatic rings. The SMILES string of the molecule is Cc1ccc(NC(=O)c2ccc(C)c(F)c2OC(=O)C(F)(F)F)cc1-c1nc(NC(CO)CO)nc2c1ccc(=O)n2-c1c(F)cccc1F. The fourth-order valence-electron chi connectivity index (χ4n) is 4.87. The lowest BCUT2D eigenvalue weighted by atomic mass is 10.0. The van der Waals surface area contributed by atoms with Crippen LogP contribution >= 0.6 is 0 Å². The number of benzene rings is 3. The number of amides is 1. The smallest absolute Gasteiger partial charge is 0.416 e. The fourth-order valence-corrected chi connectivity index (χ4v) is 4.87. The molecule has 0 aliphatic carbocycles. The zero-order valence-corrected chi connectivity index (χ0v) is 25.9. The number of aliphatic hydroxyl groups excluding tert-OH is 2. The van der Waals surface area contributed by atoms with E-state index in [-0.39, 0.29) is 39.5 Å². The standard InChI is InChI=1S/C33H25F6N5O6/c1-15-6-8-17(40-30(48)20-9-7-16(2)25(36)28(20)50-31(49)33(37,38)39)12-21(15)26-19-10-11-24(47)44(27-22(34)4-3-5-23(27)35)29(19)43-32(42-26)41-18(13-45)14-46/h3-12,18,45-46H,13-14H2,1-2H3,(H,40,48)(H,41,42,43). The van der Waals surface area contributed by atoms with E-state index in [4.69, 9.17) is 0 Å². The number of alkyl halides is 3. The molecule has 0 fully saturated rings. The van der Waals surface area contributed by atoms with E-state index in [0.717, 1.165) is 36.4 Å². The largest absolute Gasteiger partial charge is 0.491 e. The second kappa shape index (κ2) is 14.0. The van der Waals surface area contributed by atoms with Gasteiger partial charge in [-0.3, -0.25) is 14.2 Å². The Balaban J connectivity index is 1.67. The van der Waals surface area contributed by atoms with Crippen molar-refractivity contribution < 1.29 is 50.9 Å². The first-order chi connectivity index (χ1) is 23.6. The zero-order chi connectivity index (χ0) is 36.5. The van der Waals surface area contributed by atoms with E-state index in [2.05, 4.69) is 25.3 Å². The lowest BCUT2D eigenvalue weighted by molar-refractivity contribution is -0.189. The van der Waals surface area contributed by atoms with Crippen LogP contribution in [0.4, 0.5) is 38.0 Å². The molecule has 3 aromatic carbocycles. The molecule has 0 radical (unpaired) electrons. The highest BCUT2D eigenvalue weighted by molar-refractivity contribution is 6.07. The highest BCUT2D eigenvalue weighted by atomic mass is 19.4. The number of carbonyl (C=O) groups is 2. The topological polar surface area (TPSA) is 156 Å². The van der Waals surface area contributed by atoms with Crippen molar-refractivity contribution in [1.82, 2.24) is 14.5 Å². The van der Waals surface area contributed by atoms with Gasteiger partial charge in [0.25, 0.3) is 11.5 Å². The Labute approximate surface area is 277 Å². The Kier molecular flexibility index (Phi) is 9.92. The van der Waals surface area contributed by atoms with E-state index in [1.54, 1.807) is 6.92 Å². The van der Waals surface area contributed by atoms with Crippen LogP contribution in [0.1, 0.15) is 21.5 Å². The first kappa shape index (κ1) is 35.5. The van der Waals surface area contributed by atoms with Gasteiger partial charge in [0.15, 0.2) is 17.2 Å². The van der Waals surface area contributed by atoms with Crippen molar-refractivity contribution in [3.8, 4) is 22.7 Å². The van der Waals surface area contributed by atoms with Crippen LogP contribution in [0.3, 0.4) is 0 Å². The Morgan fingerprint density at radius 2 is 1.58 bits per heavy atom. The molecule has 0 atom stereocenters. The minimum atomic E-state index is -5.48. The fraction of sp³-hybridized carbons (Fsp3) is 0.182. The number of para-hydroxylation sites is 1. The highest BCUT2D eigenvalue weighted by Gasteiger charge is 2.42. The summed E-state index contributed by atoms with van der Waals surface area (Å²) in [5, 5.41) is 24.5. The van der Waals surface area contributed by atoms with Crippen molar-refractivity contribution in [1.29, 1.82) is 0 Å². The van der Waals surface area contributed by atoms with Crippen molar-refractivity contribution >= 4 is 34.5 Å². The first-order valence-electron chi connectivity index (χ1n) is 14.5. The second-order valence-electron chi connectivity index (χ2n) is 10.9. The maximum atomic E-state index is 15.0. The zero-order valence-electron chi connectivity index (χ0n) is 25.9. The van der Waals surface area contributed by atoms with Crippen LogP contribution in [0.25, 0.3) is 28.0 Å². The Morgan fingerprint density at radius 3 is 2.22 bits per heavy atom.